The summed E-state index contributed by atoms with van der Waals surface area (Å²) in [6.07, 6.45) is 2.25. The summed E-state index contributed by atoms with van der Waals surface area (Å²) in [4.78, 5) is 14.2. The molecule has 2 saturated heterocycles. The van der Waals surface area contributed by atoms with Crippen molar-refractivity contribution in [2.24, 2.45) is 5.41 Å². The highest BCUT2D eigenvalue weighted by Crippen LogP contribution is 2.44. The average molecular weight is 242 g/mol. The lowest BCUT2D eigenvalue weighted by atomic mass is 9.66. The van der Waals surface area contributed by atoms with Crippen molar-refractivity contribution >= 4 is 5.97 Å². The van der Waals surface area contributed by atoms with Crippen molar-refractivity contribution in [2.75, 3.05) is 40.3 Å². The number of β-amino-alcohol motifs (C(OH)–C–C–N with tert-alkyl or cyclic N) is 1. The lowest BCUT2D eigenvalue weighted by Gasteiger charge is -2.45. The molecule has 0 spiro atoms. The van der Waals surface area contributed by atoms with Crippen molar-refractivity contribution in [1.82, 2.24) is 10.2 Å². The summed E-state index contributed by atoms with van der Waals surface area (Å²) in [5, 5.41) is 14.1. The molecule has 2 aliphatic heterocycles. The van der Waals surface area contributed by atoms with Crippen molar-refractivity contribution in [3.63, 3.8) is 0 Å². The third-order valence-electron chi connectivity index (χ3n) is 4.29. The maximum absolute atomic E-state index is 12.1. The number of esters is 1. The number of nitrogens with zero attached hydrogens (tertiary/aromatic N) is 1. The average Bonchev–Trinajstić information content (AvgIpc) is 2.70. The number of likely N-dealkylation sites (tertiary alicyclic amines) is 1. The number of aliphatic hydroxyl groups is 1. The Balaban J connectivity index is 2.29. The van der Waals surface area contributed by atoms with Gasteiger partial charge in [-0.25, -0.2) is 0 Å². The maximum Gasteiger partial charge on any atom is 0.316 e. The topological polar surface area (TPSA) is 61.8 Å². The molecule has 0 saturated carbocycles. The highest BCUT2D eigenvalue weighted by Gasteiger charge is 2.58. The number of piperidine rings is 1. The fourth-order valence-electron chi connectivity index (χ4n) is 3.23. The predicted octanol–water partition coefficient (Wildman–Crippen LogP) is -0.404. The molecule has 0 aromatic heterocycles. The molecule has 0 radical (unpaired) electrons. The van der Waals surface area contributed by atoms with Crippen LogP contribution in [-0.2, 0) is 9.53 Å². The van der Waals surface area contributed by atoms with E-state index in [9.17, 15) is 9.90 Å². The van der Waals surface area contributed by atoms with E-state index in [0.29, 0.717) is 25.9 Å². The van der Waals surface area contributed by atoms with Crippen molar-refractivity contribution in [2.45, 2.75) is 24.9 Å². The summed E-state index contributed by atoms with van der Waals surface area (Å²) in [7, 11) is 3.37. The predicted molar refractivity (Wildman–Crippen MR) is 63.6 cm³/mol. The van der Waals surface area contributed by atoms with E-state index < -0.39 is 11.0 Å². The molecule has 17 heavy (non-hydrogen) atoms. The molecule has 2 heterocycles. The number of methoxy groups -OCH3 is 1. The van der Waals surface area contributed by atoms with E-state index in [-0.39, 0.29) is 5.97 Å². The lowest BCUT2D eigenvalue weighted by molar-refractivity contribution is -0.174. The van der Waals surface area contributed by atoms with Crippen LogP contribution in [0.1, 0.15) is 19.3 Å². The Morgan fingerprint density at radius 2 is 2.24 bits per heavy atom. The molecule has 98 valence electrons. The van der Waals surface area contributed by atoms with Crippen LogP contribution in [0.5, 0.6) is 0 Å². The first-order chi connectivity index (χ1) is 8.04. The first-order valence-electron chi connectivity index (χ1n) is 6.24. The van der Waals surface area contributed by atoms with Gasteiger partial charge in [-0.3, -0.25) is 4.79 Å². The van der Waals surface area contributed by atoms with E-state index in [0.717, 1.165) is 19.5 Å². The van der Waals surface area contributed by atoms with Gasteiger partial charge in [0.15, 0.2) is 0 Å². The molecule has 0 aromatic carbocycles. The van der Waals surface area contributed by atoms with E-state index in [1.165, 1.54) is 7.11 Å². The van der Waals surface area contributed by atoms with Gasteiger partial charge in [0.2, 0.25) is 0 Å². The minimum Gasteiger partial charge on any atom is -0.468 e. The van der Waals surface area contributed by atoms with Crippen molar-refractivity contribution in [1.29, 1.82) is 0 Å². The quantitative estimate of drug-likeness (QED) is 0.645. The van der Waals surface area contributed by atoms with Crippen LogP contribution in [0.4, 0.5) is 0 Å². The summed E-state index contributed by atoms with van der Waals surface area (Å²) in [5.41, 5.74) is -1.73. The van der Waals surface area contributed by atoms with Gasteiger partial charge in [-0.05, 0) is 32.9 Å². The Hall–Kier alpha value is -0.650. The van der Waals surface area contributed by atoms with Gasteiger partial charge in [0.05, 0.1) is 12.7 Å². The molecular weight excluding hydrogens is 220 g/mol. The fraction of sp³-hybridized carbons (Fsp3) is 0.917. The van der Waals surface area contributed by atoms with Crippen LogP contribution in [0, 0.1) is 5.41 Å². The van der Waals surface area contributed by atoms with Gasteiger partial charge in [-0.2, -0.15) is 0 Å². The molecular formula is C12H22N2O3. The number of hydrogen-bond donors (Lipinski definition) is 2. The monoisotopic (exact) mass is 242 g/mol. The van der Waals surface area contributed by atoms with Gasteiger partial charge in [0.25, 0.3) is 0 Å². The van der Waals surface area contributed by atoms with Crippen LogP contribution in [0.15, 0.2) is 0 Å². The van der Waals surface area contributed by atoms with Crippen molar-refractivity contribution < 1.29 is 14.6 Å². The van der Waals surface area contributed by atoms with Crippen LogP contribution >= 0.6 is 0 Å². The van der Waals surface area contributed by atoms with Crippen LogP contribution in [0.2, 0.25) is 0 Å². The van der Waals surface area contributed by atoms with E-state index in [1.807, 2.05) is 7.05 Å². The molecule has 2 N–H and O–H groups in total. The summed E-state index contributed by atoms with van der Waals surface area (Å²) in [6.45, 7) is 2.80. The highest BCUT2D eigenvalue weighted by atomic mass is 16.5. The number of carbonyl (C=O) groups excluding carboxylic acids is 1. The minimum atomic E-state index is -0.956. The largest absolute Gasteiger partial charge is 0.468 e. The Bertz CT molecular complexity index is 302. The van der Waals surface area contributed by atoms with E-state index in [4.69, 9.17) is 4.74 Å². The molecule has 2 aliphatic rings. The number of carbonyl (C=O) groups is 1. The Kier molecular flexibility index (Phi) is 3.43. The van der Waals surface area contributed by atoms with Gasteiger partial charge in [-0.15, -0.1) is 0 Å². The van der Waals surface area contributed by atoms with Gasteiger partial charge in [-0.1, -0.05) is 0 Å². The summed E-state index contributed by atoms with van der Waals surface area (Å²) in [6, 6.07) is 0. The zero-order chi connectivity index (χ0) is 12.5. The maximum atomic E-state index is 12.1. The number of rotatable bonds is 2. The summed E-state index contributed by atoms with van der Waals surface area (Å²) < 4.78 is 4.95. The van der Waals surface area contributed by atoms with Crippen LogP contribution in [0.25, 0.3) is 0 Å². The number of likely N-dealkylation sites (N-methyl/N-ethyl adjacent to an activating group) is 1. The zero-order valence-electron chi connectivity index (χ0n) is 10.7. The smallest absolute Gasteiger partial charge is 0.316 e. The Labute approximate surface area is 102 Å². The van der Waals surface area contributed by atoms with E-state index >= 15 is 0 Å². The third kappa shape index (κ3) is 1.96. The zero-order valence-corrected chi connectivity index (χ0v) is 10.7. The summed E-state index contributed by atoms with van der Waals surface area (Å²) >= 11 is 0. The van der Waals surface area contributed by atoms with Gasteiger partial charge < -0.3 is 20.1 Å². The highest BCUT2D eigenvalue weighted by molar-refractivity contribution is 5.79. The minimum absolute atomic E-state index is 0.275. The molecule has 2 rings (SSSR count). The Morgan fingerprint density at radius 1 is 1.47 bits per heavy atom. The first-order valence-corrected chi connectivity index (χ1v) is 6.24. The molecule has 2 unspecified atom stereocenters. The molecule has 5 nitrogen and oxygen atoms in total. The van der Waals surface area contributed by atoms with E-state index in [1.54, 1.807) is 0 Å². The molecule has 0 aromatic rings. The number of hydrogen-bond acceptors (Lipinski definition) is 5. The van der Waals surface area contributed by atoms with Gasteiger partial charge in [0, 0.05) is 19.6 Å². The number of nitrogens with one attached hydrogen (secondary N) is 1. The molecule has 5 heteroatoms. The molecule has 0 amide bonds. The third-order valence-corrected chi connectivity index (χ3v) is 4.29. The molecule has 2 atom stereocenters. The SMILES string of the molecule is COC(=O)C1(C2(O)CCN(C)C2)CCCNC1. The van der Waals surface area contributed by atoms with Crippen LogP contribution in [-0.4, -0.2) is 61.9 Å². The summed E-state index contributed by atoms with van der Waals surface area (Å²) in [5.74, 6) is -0.275. The van der Waals surface area contributed by atoms with Crippen LogP contribution < -0.4 is 5.32 Å². The second kappa shape index (κ2) is 4.55. The van der Waals surface area contributed by atoms with Crippen molar-refractivity contribution in [3.05, 3.63) is 0 Å². The molecule has 2 fully saturated rings. The van der Waals surface area contributed by atoms with Gasteiger partial charge in [0.1, 0.15) is 5.41 Å². The molecule has 0 bridgehead atoms. The standard InChI is InChI=1S/C12H22N2O3/c1-14-7-5-12(16,9-14)11(10(15)17-2)4-3-6-13-8-11/h13,16H,3-9H2,1-2H3. The number of ether oxygens (including phenoxy) is 1. The fourth-order valence-corrected chi connectivity index (χ4v) is 3.23. The second-order valence-electron chi connectivity index (χ2n) is 5.37. The molecule has 0 aliphatic carbocycles. The van der Waals surface area contributed by atoms with Gasteiger partial charge >= 0.3 is 5.97 Å². The first kappa shape index (κ1) is 12.8. The second-order valence-corrected chi connectivity index (χ2v) is 5.37. The van der Waals surface area contributed by atoms with E-state index in [2.05, 4.69) is 10.2 Å². The van der Waals surface area contributed by atoms with Crippen molar-refractivity contribution in [3.8, 4) is 0 Å². The normalized spacial score (nSPS) is 39.2. The van der Waals surface area contributed by atoms with Crippen LogP contribution in [0.3, 0.4) is 0 Å². The lowest BCUT2D eigenvalue weighted by Crippen LogP contribution is -2.61. The Morgan fingerprint density at radius 3 is 2.71 bits per heavy atom.